The number of rotatable bonds is 28. The monoisotopic (exact) mass is 706 g/mol. The molecule has 282 valence electrons. The van der Waals surface area contributed by atoms with Crippen LogP contribution in [0.4, 0.5) is 0 Å². The summed E-state index contributed by atoms with van der Waals surface area (Å²) >= 11 is 0. The molecule has 0 fully saturated rings. The highest BCUT2D eigenvalue weighted by molar-refractivity contribution is 6.09. The van der Waals surface area contributed by atoms with Crippen molar-refractivity contribution in [2.75, 3.05) is 26.4 Å². The Balaban J connectivity index is 2.59. The van der Waals surface area contributed by atoms with Crippen molar-refractivity contribution in [2.24, 2.45) is 11.8 Å². The lowest BCUT2D eigenvalue weighted by Gasteiger charge is -2.14. The molecule has 0 saturated heterocycles. The van der Waals surface area contributed by atoms with Gasteiger partial charge in [-0.15, -0.1) is 0 Å². The maximum Gasteiger partial charge on any atom is 0.339 e. The number of hydrogen-bond acceptors (Lipinski definition) is 10. The molecule has 0 aromatic heterocycles. The molecule has 0 heterocycles. The number of carbonyl (C=O) groups excluding carboxylic acids is 4. The van der Waals surface area contributed by atoms with E-state index in [1.807, 2.05) is 0 Å². The average Bonchev–Trinajstić information content (AvgIpc) is 3.10. The Bertz CT molecular complexity index is 1130. The molecule has 12 heteroatoms. The summed E-state index contributed by atoms with van der Waals surface area (Å²) < 4.78 is 21.2. The second-order valence-corrected chi connectivity index (χ2v) is 12.6. The summed E-state index contributed by atoms with van der Waals surface area (Å²) in [6, 6.07) is 1.61. The van der Waals surface area contributed by atoms with E-state index < -0.39 is 46.1 Å². The van der Waals surface area contributed by atoms with Crippen molar-refractivity contribution < 1.29 is 57.9 Å². The van der Waals surface area contributed by atoms with Crippen LogP contribution in [-0.2, 0) is 28.5 Å². The van der Waals surface area contributed by atoms with Gasteiger partial charge in [0.05, 0.1) is 48.7 Å². The van der Waals surface area contributed by atoms with Gasteiger partial charge in [-0.2, -0.15) is 0 Å². The fourth-order valence-electron chi connectivity index (χ4n) is 5.24. The SMILES string of the molecule is CCCCC(CC)COC(=O)CCCCCOC(=O)c1cc(C(=O)O)c(C(=O)OCCCCCC(=O)OCC(CC)CCCC)cc1C(=O)O. The molecule has 0 bridgehead atoms. The van der Waals surface area contributed by atoms with Crippen molar-refractivity contribution in [3.63, 3.8) is 0 Å². The van der Waals surface area contributed by atoms with E-state index in [4.69, 9.17) is 18.9 Å². The number of benzene rings is 1. The minimum Gasteiger partial charge on any atom is -0.478 e. The smallest absolute Gasteiger partial charge is 0.339 e. The highest BCUT2D eigenvalue weighted by Crippen LogP contribution is 2.21. The molecule has 50 heavy (non-hydrogen) atoms. The van der Waals surface area contributed by atoms with Gasteiger partial charge in [-0.25, -0.2) is 19.2 Å². The van der Waals surface area contributed by atoms with Gasteiger partial charge in [0.15, 0.2) is 0 Å². The molecular formula is C38H58O12. The maximum absolute atomic E-state index is 12.8. The summed E-state index contributed by atoms with van der Waals surface area (Å²) in [5, 5.41) is 19.5. The quantitative estimate of drug-likeness (QED) is 0.0487. The van der Waals surface area contributed by atoms with Crippen LogP contribution in [0.3, 0.4) is 0 Å². The van der Waals surface area contributed by atoms with Gasteiger partial charge < -0.3 is 29.2 Å². The van der Waals surface area contributed by atoms with Crippen LogP contribution in [0.1, 0.15) is 172 Å². The molecule has 0 radical (unpaired) electrons. The van der Waals surface area contributed by atoms with E-state index in [-0.39, 0.29) is 38.0 Å². The maximum atomic E-state index is 12.8. The molecule has 0 aliphatic rings. The lowest BCUT2D eigenvalue weighted by molar-refractivity contribution is -0.146. The highest BCUT2D eigenvalue weighted by atomic mass is 16.5. The normalized spacial score (nSPS) is 12.1. The molecular weight excluding hydrogens is 648 g/mol. The Morgan fingerprint density at radius 1 is 0.520 bits per heavy atom. The second kappa shape index (κ2) is 25.9. The number of hydrogen-bond donors (Lipinski definition) is 2. The topological polar surface area (TPSA) is 180 Å². The van der Waals surface area contributed by atoms with Crippen molar-refractivity contribution in [1.82, 2.24) is 0 Å². The Morgan fingerprint density at radius 3 is 1.22 bits per heavy atom. The van der Waals surface area contributed by atoms with Crippen LogP contribution in [0.15, 0.2) is 12.1 Å². The van der Waals surface area contributed by atoms with Gasteiger partial charge in [-0.05, 0) is 75.3 Å². The molecule has 1 aromatic rings. The Morgan fingerprint density at radius 2 is 0.900 bits per heavy atom. The zero-order valence-corrected chi connectivity index (χ0v) is 30.4. The third kappa shape index (κ3) is 17.6. The lowest BCUT2D eigenvalue weighted by Crippen LogP contribution is -2.19. The number of esters is 4. The summed E-state index contributed by atoms with van der Waals surface area (Å²) in [4.78, 5) is 73.6. The first-order valence-electron chi connectivity index (χ1n) is 18.3. The molecule has 12 nitrogen and oxygen atoms in total. The van der Waals surface area contributed by atoms with Crippen LogP contribution >= 0.6 is 0 Å². The van der Waals surface area contributed by atoms with E-state index in [1.54, 1.807) is 0 Å². The first-order valence-corrected chi connectivity index (χ1v) is 18.3. The molecule has 2 unspecified atom stereocenters. The van der Waals surface area contributed by atoms with Gasteiger partial charge in [0.2, 0.25) is 0 Å². The number of unbranched alkanes of at least 4 members (excludes halogenated alkanes) is 6. The largest absolute Gasteiger partial charge is 0.478 e. The molecule has 1 rings (SSSR count). The highest BCUT2D eigenvalue weighted by Gasteiger charge is 2.27. The number of carbonyl (C=O) groups is 6. The fraction of sp³-hybridized carbons (Fsp3) is 0.684. The van der Waals surface area contributed by atoms with Crippen LogP contribution in [0.5, 0.6) is 0 Å². The minimum absolute atomic E-state index is 0.0794. The first-order chi connectivity index (χ1) is 24.0. The van der Waals surface area contributed by atoms with E-state index in [2.05, 4.69) is 27.7 Å². The minimum atomic E-state index is -1.55. The van der Waals surface area contributed by atoms with E-state index in [0.717, 1.165) is 63.5 Å². The van der Waals surface area contributed by atoms with E-state index in [1.165, 1.54) is 0 Å². The van der Waals surface area contributed by atoms with E-state index in [9.17, 15) is 39.0 Å². The molecule has 0 spiro atoms. The van der Waals surface area contributed by atoms with Crippen LogP contribution in [0.25, 0.3) is 0 Å². The zero-order chi connectivity index (χ0) is 37.3. The van der Waals surface area contributed by atoms with Gasteiger partial charge in [-0.1, -0.05) is 66.2 Å². The fourth-order valence-corrected chi connectivity index (χ4v) is 5.24. The molecule has 0 saturated carbocycles. The van der Waals surface area contributed by atoms with E-state index >= 15 is 0 Å². The summed E-state index contributed by atoms with van der Waals surface area (Å²) in [5.74, 6) is -5.05. The Labute approximate surface area is 296 Å². The van der Waals surface area contributed by atoms with Crippen molar-refractivity contribution in [1.29, 1.82) is 0 Å². The van der Waals surface area contributed by atoms with Crippen LogP contribution in [0, 0.1) is 11.8 Å². The van der Waals surface area contributed by atoms with E-state index in [0.29, 0.717) is 63.6 Å². The van der Waals surface area contributed by atoms with Gasteiger partial charge in [0, 0.05) is 12.8 Å². The van der Waals surface area contributed by atoms with Crippen LogP contribution in [-0.4, -0.2) is 72.5 Å². The zero-order valence-electron chi connectivity index (χ0n) is 30.4. The predicted octanol–water partition coefficient (Wildman–Crippen LogP) is 8.04. The molecule has 2 N–H and O–H groups in total. The summed E-state index contributed by atoms with van der Waals surface area (Å²) in [7, 11) is 0. The molecule has 0 aliphatic heterocycles. The Hall–Kier alpha value is -3.96. The number of carboxylic acids is 2. The molecule has 1 aromatic carbocycles. The second-order valence-electron chi connectivity index (χ2n) is 12.6. The number of ether oxygens (including phenoxy) is 4. The third-order valence-corrected chi connectivity index (χ3v) is 8.62. The van der Waals surface area contributed by atoms with Crippen molar-refractivity contribution in [3.05, 3.63) is 34.4 Å². The Kier molecular flexibility index (Phi) is 22.9. The third-order valence-electron chi connectivity index (χ3n) is 8.62. The van der Waals surface area contributed by atoms with Crippen molar-refractivity contribution in [2.45, 2.75) is 130 Å². The predicted molar refractivity (Wildman–Crippen MR) is 186 cm³/mol. The standard InChI is InChI=1S/C38H58O12/c1-5-9-17-27(7-3)25-49-33(39)19-13-11-15-21-47-37(45)31-23-30(36(43)44)32(24-29(31)35(41)42)38(46)48-22-16-12-14-20-34(40)50-26-28(8-4)18-10-6-2/h23-24,27-28H,5-22,25-26H2,1-4H3,(H,41,42)(H,43,44). The summed E-state index contributed by atoms with van der Waals surface area (Å²) in [6.07, 6.45) is 11.7. The average molecular weight is 707 g/mol. The summed E-state index contributed by atoms with van der Waals surface area (Å²) in [5.41, 5.74) is -2.22. The summed E-state index contributed by atoms with van der Waals surface area (Å²) in [6.45, 7) is 9.05. The van der Waals surface area contributed by atoms with Crippen LogP contribution in [0.2, 0.25) is 0 Å². The number of aromatic carboxylic acids is 2. The first kappa shape index (κ1) is 44.1. The van der Waals surface area contributed by atoms with Crippen molar-refractivity contribution >= 4 is 35.8 Å². The van der Waals surface area contributed by atoms with Gasteiger partial charge >= 0.3 is 35.8 Å². The molecule has 0 aliphatic carbocycles. The number of carboxylic acid groups (broad SMARTS) is 2. The lowest BCUT2D eigenvalue weighted by atomic mass is 9.98. The molecule has 2 atom stereocenters. The van der Waals surface area contributed by atoms with Gasteiger partial charge in [0.25, 0.3) is 0 Å². The van der Waals surface area contributed by atoms with Crippen LogP contribution < -0.4 is 0 Å². The van der Waals surface area contributed by atoms with Crippen molar-refractivity contribution in [3.8, 4) is 0 Å². The van der Waals surface area contributed by atoms with Gasteiger partial charge in [0.1, 0.15) is 0 Å². The molecule has 0 amide bonds. The van der Waals surface area contributed by atoms with Gasteiger partial charge in [-0.3, -0.25) is 9.59 Å².